The van der Waals surface area contributed by atoms with E-state index in [0.29, 0.717) is 0 Å². The van der Waals surface area contributed by atoms with Gasteiger partial charge in [0, 0.05) is 12.6 Å². The van der Waals surface area contributed by atoms with Gasteiger partial charge in [-0.3, -0.25) is 0 Å². The van der Waals surface area contributed by atoms with Crippen molar-refractivity contribution in [1.82, 2.24) is 9.55 Å². The van der Waals surface area contributed by atoms with Crippen LogP contribution in [0.4, 0.5) is 0 Å². The maximum atomic E-state index is 9.27. The van der Waals surface area contributed by atoms with Crippen LogP contribution in [0.15, 0.2) is 36.8 Å². The predicted molar refractivity (Wildman–Crippen MR) is 50.3 cm³/mol. The molecule has 0 saturated heterocycles. The number of hydrogen-bond donors (Lipinski definition) is 1. The lowest BCUT2D eigenvalue weighted by atomic mass is 10.1. The predicted octanol–water partition coefficient (Wildman–Crippen LogP) is 1.79. The van der Waals surface area contributed by atoms with Crippen LogP contribution in [0.2, 0.25) is 0 Å². The number of benzene rings is 1. The molecule has 66 valence electrons. The van der Waals surface area contributed by atoms with Gasteiger partial charge in [-0.25, -0.2) is 4.98 Å². The van der Waals surface area contributed by atoms with Crippen LogP contribution in [-0.2, 0) is 7.05 Å². The van der Waals surface area contributed by atoms with E-state index in [1.165, 1.54) is 0 Å². The van der Waals surface area contributed by atoms with Gasteiger partial charge in [0.1, 0.15) is 5.75 Å². The first-order valence-corrected chi connectivity index (χ1v) is 4.03. The number of aromatic nitrogens is 2. The molecule has 1 aromatic heterocycles. The molecule has 13 heavy (non-hydrogen) atoms. The monoisotopic (exact) mass is 174 g/mol. The molecule has 0 bridgehead atoms. The molecular weight excluding hydrogens is 164 g/mol. The van der Waals surface area contributed by atoms with E-state index in [2.05, 4.69) is 4.98 Å². The number of rotatable bonds is 1. The summed E-state index contributed by atoms with van der Waals surface area (Å²) in [6, 6.07) is 7.13. The van der Waals surface area contributed by atoms with Gasteiger partial charge >= 0.3 is 0 Å². The molecule has 0 aliphatic heterocycles. The van der Waals surface area contributed by atoms with Crippen LogP contribution in [0.3, 0.4) is 0 Å². The van der Waals surface area contributed by atoms with E-state index >= 15 is 0 Å². The maximum absolute atomic E-state index is 9.27. The third-order valence-corrected chi connectivity index (χ3v) is 1.96. The zero-order valence-corrected chi connectivity index (χ0v) is 7.31. The Bertz CT molecular complexity index is 420. The molecule has 3 nitrogen and oxygen atoms in total. The molecule has 0 saturated carbocycles. The van der Waals surface area contributed by atoms with Crippen LogP contribution in [0.25, 0.3) is 11.3 Å². The van der Waals surface area contributed by atoms with Gasteiger partial charge in [-0.05, 0) is 12.1 Å². The minimum atomic E-state index is 0.277. The Morgan fingerprint density at radius 1 is 1.38 bits per heavy atom. The third kappa shape index (κ3) is 1.40. The highest BCUT2D eigenvalue weighted by atomic mass is 16.3. The lowest BCUT2D eigenvalue weighted by Crippen LogP contribution is -1.88. The number of aryl methyl sites for hydroxylation is 1. The Labute approximate surface area is 76.3 Å². The number of phenolic OH excluding ortho intramolecular Hbond substituents is 1. The molecule has 0 amide bonds. The lowest BCUT2D eigenvalue weighted by molar-refractivity contribution is 0.475. The Kier molecular flexibility index (Phi) is 1.77. The summed E-state index contributed by atoms with van der Waals surface area (Å²) in [5.74, 6) is 0.277. The van der Waals surface area contributed by atoms with Crippen molar-refractivity contribution in [2.24, 2.45) is 7.05 Å². The molecule has 1 heterocycles. The number of hydrogen-bond acceptors (Lipinski definition) is 2. The van der Waals surface area contributed by atoms with Crippen molar-refractivity contribution in [1.29, 1.82) is 0 Å². The van der Waals surface area contributed by atoms with Gasteiger partial charge in [-0.1, -0.05) is 12.1 Å². The zero-order valence-electron chi connectivity index (χ0n) is 7.31. The fourth-order valence-corrected chi connectivity index (χ4v) is 1.30. The molecule has 0 spiro atoms. The van der Waals surface area contributed by atoms with Gasteiger partial charge in [0.05, 0.1) is 18.2 Å². The molecule has 2 aromatic rings. The van der Waals surface area contributed by atoms with Crippen LogP contribution in [0.5, 0.6) is 5.75 Å². The van der Waals surface area contributed by atoms with Crippen LogP contribution in [0, 0.1) is 0 Å². The third-order valence-electron chi connectivity index (χ3n) is 1.96. The molecular formula is C10H10N2O. The quantitative estimate of drug-likeness (QED) is 0.715. The van der Waals surface area contributed by atoms with Crippen molar-refractivity contribution in [3.05, 3.63) is 36.8 Å². The molecule has 0 aliphatic rings. The summed E-state index contributed by atoms with van der Waals surface area (Å²) in [4.78, 5) is 4.01. The smallest absolute Gasteiger partial charge is 0.116 e. The molecule has 0 unspecified atom stereocenters. The molecule has 2 rings (SSSR count). The van der Waals surface area contributed by atoms with E-state index < -0.39 is 0 Å². The minimum Gasteiger partial charge on any atom is -0.508 e. The average Bonchev–Trinajstić information content (AvgIpc) is 2.51. The summed E-state index contributed by atoms with van der Waals surface area (Å²) in [5, 5.41) is 9.27. The highest BCUT2D eigenvalue weighted by Gasteiger charge is 2.01. The summed E-state index contributed by atoms with van der Waals surface area (Å²) in [6.07, 6.45) is 3.51. The van der Waals surface area contributed by atoms with E-state index in [4.69, 9.17) is 0 Å². The Morgan fingerprint density at radius 2 is 2.23 bits per heavy atom. The number of phenols is 1. The van der Waals surface area contributed by atoms with Crippen molar-refractivity contribution in [2.45, 2.75) is 0 Å². The van der Waals surface area contributed by atoms with Gasteiger partial charge in [-0.15, -0.1) is 0 Å². The largest absolute Gasteiger partial charge is 0.508 e. The fraction of sp³-hybridized carbons (Fsp3) is 0.100. The van der Waals surface area contributed by atoms with E-state index in [-0.39, 0.29) is 5.75 Å². The standard InChI is InChI=1S/C10H10N2O/c1-12-7-11-6-10(12)8-3-2-4-9(13)5-8/h2-7,13H,1H3. The van der Waals surface area contributed by atoms with Crippen molar-refractivity contribution >= 4 is 0 Å². The Morgan fingerprint density at radius 3 is 2.85 bits per heavy atom. The van der Waals surface area contributed by atoms with Gasteiger partial charge in [-0.2, -0.15) is 0 Å². The summed E-state index contributed by atoms with van der Waals surface area (Å²) in [5.41, 5.74) is 1.97. The maximum Gasteiger partial charge on any atom is 0.116 e. The number of imidazole rings is 1. The van der Waals surface area contributed by atoms with E-state index in [9.17, 15) is 5.11 Å². The van der Waals surface area contributed by atoms with Gasteiger partial charge in [0.15, 0.2) is 0 Å². The fourth-order valence-electron chi connectivity index (χ4n) is 1.30. The Hall–Kier alpha value is -1.77. The van der Waals surface area contributed by atoms with Gasteiger partial charge in [0.2, 0.25) is 0 Å². The topological polar surface area (TPSA) is 38.0 Å². The highest BCUT2D eigenvalue weighted by Crippen LogP contribution is 2.21. The summed E-state index contributed by atoms with van der Waals surface area (Å²) in [7, 11) is 1.92. The SMILES string of the molecule is Cn1cncc1-c1cccc(O)c1. The second kappa shape index (κ2) is 2.94. The Balaban J connectivity index is 2.53. The van der Waals surface area contributed by atoms with Gasteiger partial charge < -0.3 is 9.67 Å². The van der Waals surface area contributed by atoms with Crippen molar-refractivity contribution < 1.29 is 5.11 Å². The van der Waals surface area contributed by atoms with E-state index in [1.54, 1.807) is 24.7 Å². The van der Waals surface area contributed by atoms with Gasteiger partial charge in [0.25, 0.3) is 0 Å². The van der Waals surface area contributed by atoms with Crippen LogP contribution in [0.1, 0.15) is 0 Å². The molecule has 0 atom stereocenters. The first-order chi connectivity index (χ1) is 6.27. The molecule has 1 N–H and O–H groups in total. The number of aromatic hydroxyl groups is 1. The van der Waals surface area contributed by atoms with Crippen LogP contribution >= 0.6 is 0 Å². The van der Waals surface area contributed by atoms with E-state index in [0.717, 1.165) is 11.3 Å². The summed E-state index contributed by atoms with van der Waals surface area (Å²) in [6.45, 7) is 0. The van der Waals surface area contributed by atoms with Crippen molar-refractivity contribution in [3.8, 4) is 17.0 Å². The molecule has 3 heteroatoms. The molecule has 0 aliphatic carbocycles. The molecule has 0 radical (unpaired) electrons. The highest BCUT2D eigenvalue weighted by molar-refractivity contribution is 5.60. The average molecular weight is 174 g/mol. The summed E-state index contributed by atoms with van der Waals surface area (Å²) < 4.78 is 1.91. The molecule has 1 aromatic carbocycles. The summed E-state index contributed by atoms with van der Waals surface area (Å²) >= 11 is 0. The van der Waals surface area contributed by atoms with Crippen molar-refractivity contribution in [2.75, 3.05) is 0 Å². The normalized spacial score (nSPS) is 10.2. The second-order valence-electron chi connectivity index (χ2n) is 2.94. The minimum absolute atomic E-state index is 0.277. The molecule has 0 fully saturated rings. The lowest BCUT2D eigenvalue weighted by Gasteiger charge is -2.01. The van der Waals surface area contributed by atoms with Crippen LogP contribution < -0.4 is 0 Å². The van der Waals surface area contributed by atoms with E-state index in [1.807, 2.05) is 23.7 Å². The first-order valence-electron chi connectivity index (χ1n) is 4.03. The van der Waals surface area contributed by atoms with Crippen molar-refractivity contribution in [3.63, 3.8) is 0 Å². The zero-order chi connectivity index (χ0) is 9.26. The number of nitrogens with zero attached hydrogens (tertiary/aromatic N) is 2. The first kappa shape index (κ1) is 7.86. The van der Waals surface area contributed by atoms with Crippen LogP contribution in [-0.4, -0.2) is 14.7 Å². The second-order valence-corrected chi connectivity index (χ2v) is 2.94.